The normalized spacial score (nSPS) is 21.7. The van der Waals surface area contributed by atoms with E-state index < -0.39 is 0 Å². The third-order valence-electron chi connectivity index (χ3n) is 6.41. The van der Waals surface area contributed by atoms with E-state index in [2.05, 4.69) is 20.7 Å². The molecule has 2 aliphatic rings. The van der Waals surface area contributed by atoms with Gasteiger partial charge in [0.05, 0.1) is 6.54 Å². The number of fused-ring (bicyclic) bond motifs is 2. The maximum atomic E-state index is 13.1. The lowest BCUT2D eigenvalue weighted by molar-refractivity contribution is -0.128. The molecule has 1 aliphatic carbocycles. The molecule has 2 fully saturated rings. The Labute approximate surface area is 178 Å². The fraction of sp³-hybridized carbons (Fsp3) is 0.364. The zero-order valence-corrected chi connectivity index (χ0v) is 17.4. The summed E-state index contributed by atoms with van der Waals surface area (Å²) >= 11 is 0. The van der Waals surface area contributed by atoms with Crippen molar-refractivity contribution < 1.29 is 14.4 Å². The first-order valence-electron chi connectivity index (χ1n) is 10.4. The average Bonchev–Trinajstić information content (AvgIpc) is 3.25. The number of hydrogen-bond donors (Lipinski definition) is 3. The van der Waals surface area contributed by atoms with Crippen LogP contribution < -0.4 is 10.6 Å². The van der Waals surface area contributed by atoms with Crippen molar-refractivity contribution in [3.05, 3.63) is 53.5 Å². The van der Waals surface area contributed by atoms with E-state index in [0.29, 0.717) is 37.2 Å². The Bertz CT molecular complexity index is 1180. The fourth-order valence-corrected chi connectivity index (χ4v) is 4.63. The van der Waals surface area contributed by atoms with E-state index in [1.54, 1.807) is 11.6 Å². The van der Waals surface area contributed by atoms with Gasteiger partial charge in [0.2, 0.25) is 5.91 Å². The van der Waals surface area contributed by atoms with E-state index in [1.165, 1.54) is 13.1 Å². The Hall–Kier alpha value is -3.62. The van der Waals surface area contributed by atoms with Crippen molar-refractivity contribution in [1.29, 1.82) is 0 Å². The van der Waals surface area contributed by atoms with Crippen LogP contribution in [0, 0.1) is 11.8 Å². The number of benzene rings is 1. The molecule has 31 heavy (non-hydrogen) atoms. The first-order valence-corrected chi connectivity index (χ1v) is 10.4. The Kier molecular flexibility index (Phi) is 4.53. The van der Waals surface area contributed by atoms with Crippen LogP contribution in [0.4, 0.5) is 0 Å². The number of aromatic amines is 1. The second-order valence-electron chi connectivity index (χ2n) is 8.26. The van der Waals surface area contributed by atoms with Crippen LogP contribution in [0.3, 0.4) is 0 Å². The van der Waals surface area contributed by atoms with Crippen molar-refractivity contribution in [1.82, 2.24) is 30.3 Å². The van der Waals surface area contributed by atoms with Crippen LogP contribution in [-0.2, 0) is 11.3 Å². The molecule has 3 heterocycles. The van der Waals surface area contributed by atoms with Gasteiger partial charge in [0.25, 0.3) is 11.8 Å². The second-order valence-corrected chi connectivity index (χ2v) is 8.26. The number of piperidine rings is 1. The standard InChI is InChI=1S/C22H24N6O3/c1-12(29)27-10-15-16(11-27)20(15)25-22(31)19-8-18(21(30)23-2)26-28(19)9-13-4-3-5-17-14(13)6-7-24-17/h3-8,15-16,20,24H,9-11H2,1-2H3,(H,23,30)(H,25,31). The molecule has 9 nitrogen and oxygen atoms in total. The molecule has 1 aliphatic heterocycles. The van der Waals surface area contributed by atoms with Gasteiger partial charge in [0, 0.05) is 68.1 Å². The minimum atomic E-state index is -0.340. The number of nitrogens with one attached hydrogen (secondary N) is 3. The summed E-state index contributed by atoms with van der Waals surface area (Å²) in [6.45, 7) is 3.30. The summed E-state index contributed by atoms with van der Waals surface area (Å²) in [4.78, 5) is 41.8. The topological polar surface area (TPSA) is 112 Å². The lowest BCUT2D eigenvalue weighted by Gasteiger charge is -2.18. The van der Waals surface area contributed by atoms with Gasteiger partial charge in [-0.15, -0.1) is 0 Å². The number of H-pyrrole nitrogens is 1. The van der Waals surface area contributed by atoms with E-state index in [1.807, 2.05) is 35.4 Å². The number of aromatic nitrogens is 3. The monoisotopic (exact) mass is 420 g/mol. The van der Waals surface area contributed by atoms with Crippen LogP contribution in [0.2, 0.25) is 0 Å². The zero-order valence-electron chi connectivity index (χ0n) is 17.4. The van der Waals surface area contributed by atoms with Gasteiger partial charge in [-0.3, -0.25) is 19.1 Å². The van der Waals surface area contributed by atoms with Crippen molar-refractivity contribution in [2.45, 2.75) is 19.5 Å². The Morgan fingerprint density at radius 2 is 1.94 bits per heavy atom. The number of carbonyl (C=O) groups excluding carboxylic acids is 3. The Morgan fingerprint density at radius 3 is 2.65 bits per heavy atom. The highest BCUT2D eigenvalue weighted by molar-refractivity contribution is 5.98. The second kappa shape index (κ2) is 7.26. The molecule has 0 radical (unpaired) electrons. The molecule has 3 amide bonds. The van der Waals surface area contributed by atoms with E-state index in [0.717, 1.165) is 16.5 Å². The highest BCUT2D eigenvalue weighted by Gasteiger charge is 2.57. The van der Waals surface area contributed by atoms with Crippen LogP contribution in [0.5, 0.6) is 0 Å². The van der Waals surface area contributed by atoms with Gasteiger partial charge in [0.1, 0.15) is 5.69 Å². The van der Waals surface area contributed by atoms with Gasteiger partial charge in [-0.05, 0) is 17.7 Å². The molecule has 9 heteroatoms. The number of rotatable bonds is 5. The summed E-state index contributed by atoms with van der Waals surface area (Å²) in [6, 6.07) is 9.50. The maximum Gasteiger partial charge on any atom is 0.271 e. The molecule has 2 atom stereocenters. The summed E-state index contributed by atoms with van der Waals surface area (Å²) in [5, 5.41) is 11.1. The molecule has 1 aromatic carbocycles. The van der Waals surface area contributed by atoms with Gasteiger partial charge < -0.3 is 20.5 Å². The van der Waals surface area contributed by atoms with Crippen molar-refractivity contribution in [3.63, 3.8) is 0 Å². The lowest BCUT2D eigenvalue weighted by Crippen LogP contribution is -2.37. The van der Waals surface area contributed by atoms with E-state index in [-0.39, 0.29) is 29.5 Å². The van der Waals surface area contributed by atoms with Crippen molar-refractivity contribution >= 4 is 28.6 Å². The molecule has 1 saturated heterocycles. The molecule has 2 aromatic heterocycles. The Morgan fingerprint density at radius 1 is 1.16 bits per heavy atom. The van der Waals surface area contributed by atoms with Crippen molar-refractivity contribution in [2.24, 2.45) is 11.8 Å². The molecular formula is C22H24N6O3. The summed E-state index contributed by atoms with van der Waals surface area (Å²) < 4.78 is 1.59. The summed E-state index contributed by atoms with van der Waals surface area (Å²) in [5.74, 6) is 0.0858. The van der Waals surface area contributed by atoms with E-state index >= 15 is 0 Å². The predicted molar refractivity (Wildman–Crippen MR) is 114 cm³/mol. The number of nitrogens with zero attached hydrogens (tertiary/aromatic N) is 3. The predicted octanol–water partition coefficient (Wildman–Crippen LogP) is 0.979. The van der Waals surface area contributed by atoms with Gasteiger partial charge in [-0.2, -0.15) is 5.10 Å². The smallest absolute Gasteiger partial charge is 0.271 e. The molecule has 3 aromatic rings. The van der Waals surface area contributed by atoms with Crippen LogP contribution in [0.1, 0.15) is 33.5 Å². The minimum absolute atomic E-state index is 0.0583. The Balaban J connectivity index is 1.38. The molecular weight excluding hydrogens is 396 g/mol. The molecule has 2 unspecified atom stereocenters. The summed E-state index contributed by atoms with van der Waals surface area (Å²) in [6.07, 6.45) is 1.87. The quantitative estimate of drug-likeness (QED) is 0.571. The molecule has 0 spiro atoms. The third kappa shape index (κ3) is 3.35. The van der Waals surface area contributed by atoms with Crippen LogP contribution in [0.15, 0.2) is 36.5 Å². The zero-order chi connectivity index (χ0) is 21.7. The number of carbonyl (C=O) groups is 3. The highest BCUT2D eigenvalue weighted by Crippen LogP contribution is 2.45. The lowest BCUT2D eigenvalue weighted by atomic mass is 10.1. The SMILES string of the molecule is CNC(=O)c1cc(C(=O)NC2C3CN(C(C)=O)CC32)n(Cc2cccc3[nH]ccc23)n1. The van der Waals surface area contributed by atoms with Gasteiger partial charge >= 0.3 is 0 Å². The molecule has 0 bridgehead atoms. The third-order valence-corrected chi connectivity index (χ3v) is 6.41. The van der Waals surface area contributed by atoms with Gasteiger partial charge in [-0.1, -0.05) is 12.1 Å². The molecule has 5 rings (SSSR count). The largest absolute Gasteiger partial charge is 0.361 e. The number of hydrogen-bond acceptors (Lipinski definition) is 4. The highest BCUT2D eigenvalue weighted by atomic mass is 16.2. The van der Waals surface area contributed by atoms with Crippen molar-refractivity contribution in [2.75, 3.05) is 20.1 Å². The first kappa shape index (κ1) is 19.3. The fourth-order valence-electron chi connectivity index (χ4n) is 4.63. The van der Waals surface area contributed by atoms with Crippen LogP contribution in [0.25, 0.3) is 10.9 Å². The van der Waals surface area contributed by atoms with Crippen LogP contribution in [-0.4, -0.2) is 63.6 Å². The molecule has 3 N–H and O–H groups in total. The number of likely N-dealkylation sites (tertiary alicyclic amines) is 1. The maximum absolute atomic E-state index is 13.1. The minimum Gasteiger partial charge on any atom is -0.361 e. The average molecular weight is 420 g/mol. The van der Waals surface area contributed by atoms with Crippen LogP contribution >= 0.6 is 0 Å². The van der Waals surface area contributed by atoms with Gasteiger partial charge in [-0.25, -0.2) is 0 Å². The molecule has 160 valence electrons. The van der Waals surface area contributed by atoms with E-state index in [4.69, 9.17) is 0 Å². The number of amides is 3. The first-order chi connectivity index (χ1) is 15.0. The summed E-state index contributed by atoms with van der Waals surface area (Å²) in [5.41, 5.74) is 2.55. The molecule has 1 saturated carbocycles. The van der Waals surface area contributed by atoms with Crippen molar-refractivity contribution in [3.8, 4) is 0 Å². The summed E-state index contributed by atoms with van der Waals surface area (Å²) in [7, 11) is 1.54. The van der Waals surface area contributed by atoms with Gasteiger partial charge in [0.15, 0.2) is 5.69 Å². The van der Waals surface area contributed by atoms with E-state index in [9.17, 15) is 14.4 Å².